The van der Waals surface area contributed by atoms with Gasteiger partial charge in [-0.1, -0.05) is 6.07 Å². The number of nitrogens with one attached hydrogen (secondary N) is 2. The standard InChI is InChI=1S/C21H24N8O4/c1-28-11-22-19(27-28)13-6-5-7-14(18(13)32-3)23-15-10-16(24-20(30)12-8-9-12)25-26-17(15)21(31)29(2)33-4/h5-7,10-12H,8-9H2,1-4H3,(H2,23,24,25,30). The zero-order valence-corrected chi connectivity index (χ0v) is 18.7. The van der Waals surface area contributed by atoms with Crippen molar-refractivity contribution >= 4 is 29.0 Å². The molecular formula is C21H24N8O4. The first-order chi connectivity index (χ1) is 15.9. The maximum absolute atomic E-state index is 12.8. The fraction of sp³-hybridized carbons (Fsp3) is 0.333. The van der Waals surface area contributed by atoms with Crippen molar-refractivity contribution in [2.45, 2.75) is 12.8 Å². The number of nitrogens with zero attached hydrogens (tertiary/aromatic N) is 6. The first-order valence-electron chi connectivity index (χ1n) is 10.2. The van der Waals surface area contributed by atoms with Crippen LogP contribution in [-0.4, -0.2) is 63.1 Å². The van der Waals surface area contributed by atoms with E-state index >= 15 is 0 Å². The van der Waals surface area contributed by atoms with Crippen LogP contribution in [0.15, 0.2) is 30.6 Å². The number of ether oxygens (including phenoxy) is 1. The van der Waals surface area contributed by atoms with Gasteiger partial charge in [-0.3, -0.25) is 19.1 Å². The van der Waals surface area contributed by atoms with E-state index in [9.17, 15) is 9.59 Å². The molecule has 172 valence electrons. The number of aromatic nitrogens is 5. The Morgan fingerprint density at radius 1 is 1.18 bits per heavy atom. The highest BCUT2D eigenvalue weighted by molar-refractivity contribution is 5.99. The lowest BCUT2D eigenvalue weighted by atomic mass is 10.1. The summed E-state index contributed by atoms with van der Waals surface area (Å²) >= 11 is 0. The summed E-state index contributed by atoms with van der Waals surface area (Å²) in [5.41, 5.74) is 1.53. The molecule has 1 aliphatic carbocycles. The van der Waals surface area contributed by atoms with Gasteiger partial charge in [0.05, 0.1) is 31.2 Å². The van der Waals surface area contributed by atoms with Gasteiger partial charge in [0.1, 0.15) is 6.33 Å². The van der Waals surface area contributed by atoms with E-state index in [0.29, 0.717) is 28.5 Å². The Morgan fingerprint density at radius 3 is 2.61 bits per heavy atom. The van der Waals surface area contributed by atoms with Gasteiger partial charge in [-0.05, 0) is 25.0 Å². The molecule has 2 amide bonds. The van der Waals surface area contributed by atoms with Crippen LogP contribution in [0, 0.1) is 5.92 Å². The SMILES string of the molecule is COc1c(Nc2cc(NC(=O)C3CC3)nnc2C(=O)N(C)OC)cccc1-c1ncn(C)n1. The van der Waals surface area contributed by atoms with Crippen LogP contribution in [-0.2, 0) is 16.7 Å². The van der Waals surface area contributed by atoms with E-state index in [1.54, 1.807) is 30.2 Å². The Hall–Kier alpha value is -4.06. The molecule has 0 radical (unpaired) electrons. The highest BCUT2D eigenvalue weighted by Crippen LogP contribution is 2.37. The first kappa shape index (κ1) is 22.1. The number of rotatable bonds is 8. The molecule has 0 aliphatic heterocycles. The molecule has 1 saturated carbocycles. The van der Waals surface area contributed by atoms with Crippen molar-refractivity contribution in [3.05, 3.63) is 36.3 Å². The number of hydrogen-bond acceptors (Lipinski definition) is 9. The van der Waals surface area contributed by atoms with Gasteiger partial charge < -0.3 is 15.4 Å². The van der Waals surface area contributed by atoms with E-state index in [0.717, 1.165) is 17.9 Å². The van der Waals surface area contributed by atoms with Crippen LogP contribution in [0.5, 0.6) is 5.75 Å². The average molecular weight is 452 g/mol. The van der Waals surface area contributed by atoms with Crippen molar-refractivity contribution in [2.24, 2.45) is 13.0 Å². The number of amides is 2. The number of carbonyl (C=O) groups excluding carboxylic acids is 2. The van der Waals surface area contributed by atoms with Crippen molar-refractivity contribution in [1.29, 1.82) is 0 Å². The molecule has 1 fully saturated rings. The molecule has 4 rings (SSSR count). The van der Waals surface area contributed by atoms with E-state index in [-0.39, 0.29) is 23.3 Å². The summed E-state index contributed by atoms with van der Waals surface area (Å²) in [5, 5.41) is 19.3. The van der Waals surface area contributed by atoms with Crippen LogP contribution in [0.4, 0.5) is 17.2 Å². The van der Waals surface area contributed by atoms with Crippen LogP contribution >= 0.6 is 0 Å². The molecule has 1 aliphatic rings. The molecule has 0 saturated heterocycles. The molecule has 12 nitrogen and oxygen atoms in total. The second-order valence-electron chi connectivity index (χ2n) is 7.49. The normalized spacial score (nSPS) is 12.8. The average Bonchev–Trinajstić information content (AvgIpc) is 3.59. The Bertz CT molecular complexity index is 1190. The van der Waals surface area contributed by atoms with Crippen LogP contribution in [0.25, 0.3) is 11.4 Å². The van der Waals surface area contributed by atoms with E-state index in [1.807, 2.05) is 12.1 Å². The van der Waals surface area contributed by atoms with Crippen LogP contribution in [0.3, 0.4) is 0 Å². The molecule has 0 bridgehead atoms. The Balaban J connectivity index is 1.73. The van der Waals surface area contributed by atoms with Crippen molar-refractivity contribution in [1.82, 2.24) is 30.0 Å². The summed E-state index contributed by atoms with van der Waals surface area (Å²) in [4.78, 5) is 34.3. The summed E-state index contributed by atoms with van der Waals surface area (Å²) in [5.74, 6) is 0.541. The second-order valence-corrected chi connectivity index (χ2v) is 7.49. The Labute approximate surface area is 189 Å². The molecule has 0 atom stereocenters. The lowest BCUT2D eigenvalue weighted by molar-refractivity contribution is -0.117. The quantitative estimate of drug-likeness (QED) is 0.492. The third-order valence-electron chi connectivity index (χ3n) is 5.08. The van der Waals surface area contributed by atoms with Crippen molar-refractivity contribution in [2.75, 3.05) is 31.9 Å². The number of aryl methyl sites for hydroxylation is 1. The van der Waals surface area contributed by atoms with Crippen LogP contribution in [0.2, 0.25) is 0 Å². The summed E-state index contributed by atoms with van der Waals surface area (Å²) in [7, 11) is 6.14. The third-order valence-corrected chi connectivity index (χ3v) is 5.08. The maximum Gasteiger partial charge on any atom is 0.299 e. The van der Waals surface area contributed by atoms with E-state index < -0.39 is 5.91 Å². The van der Waals surface area contributed by atoms with Gasteiger partial charge in [0, 0.05) is 26.1 Å². The van der Waals surface area contributed by atoms with Gasteiger partial charge in [-0.2, -0.15) is 5.10 Å². The summed E-state index contributed by atoms with van der Waals surface area (Å²) in [6.07, 6.45) is 3.30. The molecule has 12 heteroatoms. The number of carbonyl (C=O) groups is 2. The largest absolute Gasteiger partial charge is 0.494 e. The summed E-state index contributed by atoms with van der Waals surface area (Å²) in [6, 6.07) is 6.97. The van der Waals surface area contributed by atoms with Gasteiger partial charge in [-0.15, -0.1) is 10.2 Å². The zero-order valence-electron chi connectivity index (χ0n) is 18.7. The van der Waals surface area contributed by atoms with E-state index in [1.165, 1.54) is 21.3 Å². The molecule has 2 N–H and O–H groups in total. The minimum Gasteiger partial charge on any atom is -0.494 e. The smallest absolute Gasteiger partial charge is 0.299 e. The molecule has 2 aromatic heterocycles. The van der Waals surface area contributed by atoms with E-state index in [4.69, 9.17) is 9.57 Å². The number of benzene rings is 1. The van der Waals surface area contributed by atoms with Crippen molar-refractivity contribution in [3.8, 4) is 17.1 Å². The van der Waals surface area contributed by atoms with Gasteiger partial charge in [0.15, 0.2) is 23.1 Å². The molecule has 0 unspecified atom stereocenters. The van der Waals surface area contributed by atoms with Crippen LogP contribution in [0.1, 0.15) is 23.3 Å². The highest BCUT2D eigenvalue weighted by atomic mass is 16.7. The van der Waals surface area contributed by atoms with Crippen molar-refractivity contribution in [3.63, 3.8) is 0 Å². The Kier molecular flexibility index (Phi) is 6.18. The number of hydrogen-bond donors (Lipinski definition) is 2. The van der Waals surface area contributed by atoms with E-state index in [2.05, 4.69) is 30.9 Å². The van der Waals surface area contributed by atoms with Crippen LogP contribution < -0.4 is 15.4 Å². The molecule has 3 aromatic rings. The maximum atomic E-state index is 12.8. The lowest BCUT2D eigenvalue weighted by Gasteiger charge is -2.18. The number of anilines is 3. The van der Waals surface area contributed by atoms with Crippen molar-refractivity contribution < 1.29 is 19.2 Å². The third kappa shape index (κ3) is 4.75. The molecule has 2 heterocycles. The number of hydroxylamine groups is 2. The molecule has 1 aromatic carbocycles. The molecule has 0 spiro atoms. The van der Waals surface area contributed by atoms with Gasteiger partial charge in [-0.25, -0.2) is 10.0 Å². The van der Waals surface area contributed by atoms with Gasteiger partial charge in [0.25, 0.3) is 5.91 Å². The fourth-order valence-electron chi connectivity index (χ4n) is 3.15. The predicted octanol–water partition coefficient (Wildman–Crippen LogP) is 2.01. The summed E-state index contributed by atoms with van der Waals surface area (Å²) < 4.78 is 7.23. The zero-order chi connectivity index (χ0) is 23.5. The Morgan fingerprint density at radius 2 is 1.97 bits per heavy atom. The lowest BCUT2D eigenvalue weighted by Crippen LogP contribution is -2.27. The first-order valence-corrected chi connectivity index (χ1v) is 10.2. The predicted molar refractivity (Wildman–Crippen MR) is 119 cm³/mol. The minimum atomic E-state index is -0.519. The minimum absolute atomic E-state index is 0.00666. The highest BCUT2D eigenvalue weighted by Gasteiger charge is 2.30. The van der Waals surface area contributed by atoms with Gasteiger partial charge >= 0.3 is 0 Å². The molecular weight excluding hydrogens is 428 g/mol. The second kappa shape index (κ2) is 9.20. The number of methoxy groups -OCH3 is 1. The fourth-order valence-corrected chi connectivity index (χ4v) is 3.15. The molecule has 33 heavy (non-hydrogen) atoms. The topological polar surface area (TPSA) is 136 Å². The van der Waals surface area contributed by atoms with Gasteiger partial charge in [0.2, 0.25) is 5.91 Å². The number of para-hydroxylation sites is 1. The monoisotopic (exact) mass is 452 g/mol. The summed E-state index contributed by atoms with van der Waals surface area (Å²) in [6.45, 7) is 0.